The van der Waals surface area contributed by atoms with Gasteiger partial charge in [-0.05, 0) is 57.2 Å². The lowest BCUT2D eigenvalue weighted by molar-refractivity contribution is -0.189. The molecule has 1 amide bonds. The molecular weight excluding hydrogens is 495 g/mol. The van der Waals surface area contributed by atoms with Gasteiger partial charge in [0.2, 0.25) is 0 Å². The van der Waals surface area contributed by atoms with E-state index >= 15 is 0 Å². The molecule has 3 unspecified atom stereocenters. The number of hydrogen-bond acceptors (Lipinski definition) is 5. The van der Waals surface area contributed by atoms with Crippen LogP contribution >= 0.6 is 0 Å². The van der Waals surface area contributed by atoms with Crippen LogP contribution in [0.4, 0.5) is 18.9 Å². The third-order valence-corrected chi connectivity index (χ3v) is 7.73. The average molecular weight is 530 g/mol. The van der Waals surface area contributed by atoms with Gasteiger partial charge in [-0.15, -0.1) is 6.58 Å². The Morgan fingerprint density at radius 2 is 1.89 bits per heavy atom. The molecular formula is C29H34F3N3O3. The van der Waals surface area contributed by atoms with Crippen molar-refractivity contribution in [3.8, 4) is 5.75 Å². The van der Waals surface area contributed by atoms with E-state index in [4.69, 9.17) is 4.74 Å². The first-order valence-electron chi connectivity index (χ1n) is 13.0. The van der Waals surface area contributed by atoms with E-state index in [-0.39, 0.29) is 17.1 Å². The summed E-state index contributed by atoms with van der Waals surface area (Å²) >= 11 is 0. The second-order valence-corrected chi connectivity index (χ2v) is 9.89. The number of nitrogens with one attached hydrogen (secondary N) is 1. The molecule has 2 saturated heterocycles. The maximum atomic E-state index is 13.0. The smallest absolute Gasteiger partial charge is 0.419 e. The molecule has 2 aromatic carbocycles. The van der Waals surface area contributed by atoms with Gasteiger partial charge in [-0.3, -0.25) is 9.69 Å². The number of rotatable bonds is 9. The topological polar surface area (TPSA) is 61.9 Å². The number of alkyl halides is 3. The molecule has 2 aliphatic heterocycles. The van der Waals surface area contributed by atoms with Crippen molar-refractivity contribution in [2.24, 2.45) is 0 Å². The number of esters is 1. The van der Waals surface area contributed by atoms with E-state index < -0.39 is 23.8 Å². The van der Waals surface area contributed by atoms with Crippen LogP contribution in [0.5, 0.6) is 5.75 Å². The third kappa shape index (κ3) is 5.43. The number of nitrogens with zero attached hydrogens (tertiary/aromatic N) is 2. The van der Waals surface area contributed by atoms with Crippen molar-refractivity contribution in [1.29, 1.82) is 0 Å². The fourth-order valence-corrected chi connectivity index (χ4v) is 6.04. The lowest BCUT2D eigenvalue weighted by Gasteiger charge is -2.48. The van der Waals surface area contributed by atoms with E-state index in [2.05, 4.69) is 28.9 Å². The fraction of sp³-hybridized carbons (Fsp3) is 0.448. The van der Waals surface area contributed by atoms with Crippen LogP contribution in [-0.4, -0.2) is 59.6 Å². The Labute approximate surface area is 221 Å². The number of ether oxygens (including phenoxy) is 1. The summed E-state index contributed by atoms with van der Waals surface area (Å²) in [6, 6.07) is 15.1. The Morgan fingerprint density at radius 3 is 2.53 bits per heavy atom. The quantitative estimate of drug-likeness (QED) is 0.254. The van der Waals surface area contributed by atoms with Crippen LogP contribution in [0, 0.1) is 0 Å². The summed E-state index contributed by atoms with van der Waals surface area (Å²) in [6.45, 7) is 9.00. The van der Waals surface area contributed by atoms with Crippen molar-refractivity contribution < 1.29 is 27.5 Å². The number of halogens is 3. The number of benzene rings is 2. The minimum atomic E-state index is -5.18. The Balaban J connectivity index is 1.64. The number of hydrogen-bond donors (Lipinski definition) is 1. The average Bonchev–Trinajstić information content (AvgIpc) is 3.10. The molecule has 2 aromatic rings. The highest BCUT2D eigenvalue weighted by Crippen LogP contribution is 2.51. The first kappa shape index (κ1) is 27.7. The van der Waals surface area contributed by atoms with Crippen molar-refractivity contribution >= 4 is 17.6 Å². The van der Waals surface area contributed by atoms with Crippen molar-refractivity contribution in [1.82, 2.24) is 9.80 Å². The number of anilines is 1. The van der Waals surface area contributed by atoms with Gasteiger partial charge in [-0.1, -0.05) is 36.4 Å². The highest BCUT2D eigenvalue weighted by atomic mass is 19.4. The van der Waals surface area contributed by atoms with Crippen molar-refractivity contribution in [3.63, 3.8) is 0 Å². The number of carbonyl (C=O) groups excluding carboxylic acids is 2. The number of fused-ring (bicyclic) bond motifs is 2. The molecule has 0 aliphatic carbocycles. The first-order valence-corrected chi connectivity index (χ1v) is 13.0. The third-order valence-electron chi connectivity index (χ3n) is 7.73. The Kier molecular flexibility index (Phi) is 8.16. The fourth-order valence-electron chi connectivity index (χ4n) is 6.04. The van der Waals surface area contributed by atoms with E-state index in [0.717, 1.165) is 32.2 Å². The molecule has 9 heteroatoms. The van der Waals surface area contributed by atoms with Crippen LogP contribution in [0.15, 0.2) is 61.2 Å². The van der Waals surface area contributed by atoms with Gasteiger partial charge in [0.1, 0.15) is 5.75 Å². The standard InChI is InChI=1S/C29H34F3N3O3/c1-4-16-35-23-14-15-28(35,20-10-8-7-9-11-20)19-22(17-23)33-21-12-13-24(26(36)34(5-2)6-3)25(18-21)38-27(37)29(30,31)32/h4,7-13,18,22-23,33H,1,5-6,14-17,19H2,2-3H3. The molecule has 6 nitrogen and oxygen atoms in total. The van der Waals surface area contributed by atoms with Gasteiger partial charge in [-0.2, -0.15) is 13.2 Å². The predicted octanol–water partition coefficient (Wildman–Crippen LogP) is 5.76. The first-order chi connectivity index (χ1) is 18.1. The Hall–Kier alpha value is -3.33. The molecule has 3 atom stereocenters. The highest BCUT2D eigenvalue weighted by molar-refractivity contribution is 5.98. The van der Waals surface area contributed by atoms with Crippen molar-refractivity contribution in [3.05, 3.63) is 72.3 Å². The van der Waals surface area contributed by atoms with Gasteiger partial charge in [0.15, 0.2) is 0 Å². The monoisotopic (exact) mass is 529 g/mol. The van der Waals surface area contributed by atoms with E-state index in [1.54, 1.807) is 19.9 Å². The van der Waals surface area contributed by atoms with Gasteiger partial charge in [0, 0.05) is 49.0 Å². The summed E-state index contributed by atoms with van der Waals surface area (Å²) in [7, 11) is 0. The van der Waals surface area contributed by atoms with E-state index in [1.807, 2.05) is 24.3 Å². The van der Waals surface area contributed by atoms with Crippen LogP contribution in [0.1, 0.15) is 55.5 Å². The Morgan fingerprint density at radius 1 is 1.18 bits per heavy atom. The van der Waals surface area contributed by atoms with Crippen LogP contribution in [0.3, 0.4) is 0 Å². The SMILES string of the molecule is C=CCN1C2CCC1(c1ccccc1)CC(Nc1ccc(C(=O)N(CC)CC)c(OC(=O)C(F)(F)F)c1)C2. The zero-order chi connectivity index (χ0) is 27.5. The maximum Gasteiger partial charge on any atom is 0.491 e. The van der Waals surface area contributed by atoms with Crippen molar-refractivity contribution in [2.45, 2.75) is 63.3 Å². The Bertz CT molecular complexity index is 1170. The number of carbonyl (C=O) groups is 2. The molecule has 0 aromatic heterocycles. The van der Waals surface area contributed by atoms with Gasteiger partial charge in [0.25, 0.3) is 5.91 Å². The molecule has 38 heavy (non-hydrogen) atoms. The molecule has 0 radical (unpaired) electrons. The molecule has 0 spiro atoms. The van der Waals surface area contributed by atoms with Crippen molar-refractivity contribution in [2.75, 3.05) is 25.0 Å². The van der Waals surface area contributed by atoms with Gasteiger partial charge < -0.3 is 15.0 Å². The summed E-state index contributed by atoms with van der Waals surface area (Å²) in [4.78, 5) is 28.6. The van der Waals surface area contributed by atoms with Crippen LogP contribution in [0.25, 0.3) is 0 Å². The summed E-state index contributed by atoms with van der Waals surface area (Å²) < 4.78 is 43.8. The lowest BCUT2D eigenvalue weighted by atomic mass is 9.79. The van der Waals surface area contributed by atoms with Gasteiger partial charge >= 0.3 is 12.1 Å². The lowest BCUT2D eigenvalue weighted by Crippen LogP contribution is -2.53. The molecule has 1 N–H and O–H groups in total. The summed E-state index contributed by atoms with van der Waals surface area (Å²) in [5.74, 6) is -3.26. The van der Waals surface area contributed by atoms with E-state index in [1.165, 1.54) is 22.6 Å². The zero-order valence-corrected chi connectivity index (χ0v) is 21.8. The van der Waals surface area contributed by atoms with Crippen LogP contribution in [-0.2, 0) is 10.3 Å². The number of amides is 1. The summed E-state index contributed by atoms with van der Waals surface area (Å²) in [5.41, 5.74) is 1.46. The largest absolute Gasteiger partial charge is 0.491 e. The summed E-state index contributed by atoms with van der Waals surface area (Å²) in [5, 5.41) is 3.46. The minimum Gasteiger partial charge on any atom is -0.419 e. The van der Waals surface area contributed by atoms with Gasteiger partial charge in [0.05, 0.1) is 5.56 Å². The number of piperidine rings is 1. The molecule has 2 heterocycles. The molecule has 2 fully saturated rings. The summed E-state index contributed by atoms with van der Waals surface area (Å²) in [6.07, 6.45) is 0.417. The van der Waals surface area contributed by atoms with E-state index in [9.17, 15) is 22.8 Å². The molecule has 0 saturated carbocycles. The van der Waals surface area contributed by atoms with Crippen LogP contribution in [0.2, 0.25) is 0 Å². The second-order valence-electron chi connectivity index (χ2n) is 9.89. The zero-order valence-electron chi connectivity index (χ0n) is 21.8. The predicted molar refractivity (Wildman–Crippen MR) is 140 cm³/mol. The van der Waals surface area contributed by atoms with Gasteiger partial charge in [-0.25, -0.2) is 4.79 Å². The van der Waals surface area contributed by atoms with Crippen LogP contribution < -0.4 is 10.1 Å². The van der Waals surface area contributed by atoms with E-state index in [0.29, 0.717) is 24.8 Å². The minimum absolute atomic E-state index is 0.0271. The highest BCUT2D eigenvalue weighted by Gasteiger charge is 2.52. The second kappa shape index (κ2) is 11.2. The normalized spacial score (nSPS) is 23.1. The molecule has 2 bridgehead atoms. The molecule has 4 rings (SSSR count). The molecule has 204 valence electrons. The molecule has 2 aliphatic rings. The maximum absolute atomic E-state index is 13.0.